The number of nitrogens with one attached hydrogen (secondary N) is 1. The van der Waals surface area contributed by atoms with E-state index >= 15 is 0 Å². The largest absolute Gasteiger partial charge is 0.451 e. The highest BCUT2D eigenvalue weighted by Gasteiger charge is 2.26. The Morgan fingerprint density at radius 3 is 2.59 bits per heavy atom. The van der Waals surface area contributed by atoms with Crippen LogP contribution in [0.15, 0.2) is 28.7 Å². The van der Waals surface area contributed by atoms with Crippen LogP contribution in [0.1, 0.15) is 73.9 Å². The standard InChI is InChI=1S/C22H30N2O2S/c23-15-10-12-16(13-11-15)24-22(25)21-19(14-27-17-6-2-1-3-7-17)18-8-4-5-9-20(18)26-21/h4-5,8-9,15-17H,1-3,6-7,10-14,23H2,(H,24,25). The zero-order valence-corrected chi connectivity index (χ0v) is 16.7. The van der Waals surface area contributed by atoms with E-state index in [0.29, 0.717) is 11.0 Å². The highest BCUT2D eigenvalue weighted by atomic mass is 32.2. The first-order valence-electron chi connectivity index (χ1n) is 10.4. The second kappa shape index (κ2) is 8.70. The molecule has 2 fully saturated rings. The van der Waals surface area contributed by atoms with E-state index < -0.39 is 0 Å². The third-order valence-electron chi connectivity index (χ3n) is 6.03. The number of hydrogen-bond donors (Lipinski definition) is 2. The Bertz CT molecular complexity index is 774. The summed E-state index contributed by atoms with van der Waals surface area (Å²) >= 11 is 1.99. The number of benzene rings is 1. The van der Waals surface area contributed by atoms with Crippen LogP contribution in [0.5, 0.6) is 0 Å². The predicted octanol–water partition coefficient (Wildman–Crippen LogP) is 5.00. The van der Waals surface area contributed by atoms with E-state index in [-0.39, 0.29) is 18.0 Å². The number of furan rings is 1. The van der Waals surface area contributed by atoms with E-state index in [2.05, 4.69) is 11.4 Å². The topological polar surface area (TPSA) is 68.3 Å². The van der Waals surface area contributed by atoms with Crippen molar-refractivity contribution in [3.63, 3.8) is 0 Å². The minimum Gasteiger partial charge on any atom is -0.451 e. The molecule has 2 aliphatic carbocycles. The number of amides is 1. The third kappa shape index (κ3) is 4.52. The molecule has 0 atom stereocenters. The van der Waals surface area contributed by atoms with Crippen LogP contribution in [0.3, 0.4) is 0 Å². The molecule has 1 aromatic carbocycles. The van der Waals surface area contributed by atoms with Crippen LogP contribution < -0.4 is 11.1 Å². The lowest BCUT2D eigenvalue weighted by Gasteiger charge is -2.26. The van der Waals surface area contributed by atoms with Crippen LogP contribution in [-0.4, -0.2) is 23.2 Å². The van der Waals surface area contributed by atoms with Crippen molar-refractivity contribution < 1.29 is 9.21 Å². The molecular formula is C22H30N2O2S. The predicted molar refractivity (Wildman–Crippen MR) is 112 cm³/mol. The number of thioether (sulfide) groups is 1. The molecule has 0 spiro atoms. The fourth-order valence-corrected chi connectivity index (χ4v) is 5.73. The first-order valence-corrected chi connectivity index (χ1v) is 11.4. The Labute approximate surface area is 165 Å². The minimum absolute atomic E-state index is 0.0640. The molecule has 1 aromatic heterocycles. The summed E-state index contributed by atoms with van der Waals surface area (Å²) in [5, 5.41) is 4.99. The molecule has 0 aliphatic heterocycles. The molecule has 0 bridgehead atoms. The molecule has 2 saturated carbocycles. The average Bonchev–Trinajstić information content (AvgIpc) is 3.08. The molecule has 146 valence electrons. The van der Waals surface area contributed by atoms with Gasteiger partial charge in [0.2, 0.25) is 0 Å². The van der Waals surface area contributed by atoms with Crippen LogP contribution in [-0.2, 0) is 5.75 Å². The smallest absolute Gasteiger partial charge is 0.287 e. The molecule has 27 heavy (non-hydrogen) atoms. The number of hydrogen-bond acceptors (Lipinski definition) is 4. The summed E-state index contributed by atoms with van der Waals surface area (Å²) in [7, 11) is 0. The van der Waals surface area contributed by atoms with Gasteiger partial charge < -0.3 is 15.5 Å². The van der Waals surface area contributed by atoms with Gasteiger partial charge in [0.05, 0.1) is 0 Å². The van der Waals surface area contributed by atoms with E-state index in [9.17, 15) is 4.79 Å². The van der Waals surface area contributed by atoms with Gasteiger partial charge in [-0.1, -0.05) is 37.5 Å². The van der Waals surface area contributed by atoms with Gasteiger partial charge in [-0.15, -0.1) is 0 Å². The molecular weight excluding hydrogens is 356 g/mol. The second-order valence-corrected chi connectivity index (χ2v) is 9.35. The molecule has 4 nitrogen and oxygen atoms in total. The van der Waals surface area contributed by atoms with Gasteiger partial charge >= 0.3 is 0 Å². The Kier molecular flexibility index (Phi) is 6.08. The molecule has 0 unspecified atom stereocenters. The molecule has 2 aliphatic rings. The third-order valence-corrected chi connectivity index (χ3v) is 7.43. The van der Waals surface area contributed by atoms with Crippen LogP contribution in [0.4, 0.5) is 0 Å². The summed E-state index contributed by atoms with van der Waals surface area (Å²) in [5.41, 5.74) is 7.86. The maximum atomic E-state index is 13.0. The van der Waals surface area contributed by atoms with Crippen molar-refractivity contribution in [1.82, 2.24) is 5.32 Å². The van der Waals surface area contributed by atoms with Crippen molar-refractivity contribution in [2.45, 2.75) is 80.9 Å². The number of carbonyl (C=O) groups excluding carboxylic acids is 1. The minimum atomic E-state index is -0.0640. The van der Waals surface area contributed by atoms with Gasteiger partial charge in [0, 0.05) is 34.0 Å². The second-order valence-electron chi connectivity index (χ2n) is 8.06. The van der Waals surface area contributed by atoms with Gasteiger partial charge in [-0.05, 0) is 44.6 Å². The average molecular weight is 387 g/mol. The van der Waals surface area contributed by atoms with E-state index in [1.165, 1.54) is 32.1 Å². The number of carbonyl (C=O) groups is 1. The van der Waals surface area contributed by atoms with Crippen LogP contribution in [0.2, 0.25) is 0 Å². The van der Waals surface area contributed by atoms with Crippen molar-refractivity contribution in [2.24, 2.45) is 5.73 Å². The van der Waals surface area contributed by atoms with Crippen molar-refractivity contribution in [1.29, 1.82) is 0 Å². The van der Waals surface area contributed by atoms with Crippen molar-refractivity contribution in [2.75, 3.05) is 0 Å². The van der Waals surface area contributed by atoms with Gasteiger partial charge in [-0.25, -0.2) is 0 Å². The quantitative estimate of drug-likeness (QED) is 0.759. The molecule has 1 amide bonds. The number of rotatable bonds is 5. The number of nitrogens with two attached hydrogens (primary N) is 1. The molecule has 1 heterocycles. The summed E-state index contributed by atoms with van der Waals surface area (Å²) < 4.78 is 6.01. The molecule has 0 radical (unpaired) electrons. The van der Waals surface area contributed by atoms with Crippen molar-refractivity contribution in [3.05, 3.63) is 35.6 Å². The fraction of sp³-hybridized carbons (Fsp3) is 0.591. The van der Waals surface area contributed by atoms with Gasteiger partial charge in [0.25, 0.3) is 5.91 Å². The SMILES string of the molecule is NC1CCC(NC(=O)c2oc3ccccc3c2CSC2CCCCC2)CC1. The lowest BCUT2D eigenvalue weighted by atomic mass is 9.92. The zero-order chi connectivity index (χ0) is 18.6. The maximum absolute atomic E-state index is 13.0. The number of fused-ring (bicyclic) bond motifs is 1. The van der Waals surface area contributed by atoms with E-state index in [0.717, 1.165) is 48.0 Å². The zero-order valence-electron chi connectivity index (χ0n) is 15.9. The monoisotopic (exact) mass is 386 g/mol. The Balaban J connectivity index is 1.51. The number of para-hydroxylation sites is 1. The van der Waals surface area contributed by atoms with E-state index in [1.54, 1.807) is 0 Å². The Morgan fingerprint density at radius 1 is 1.07 bits per heavy atom. The van der Waals surface area contributed by atoms with Gasteiger partial charge in [-0.2, -0.15) is 11.8 Å². The molecule has 0 saturated heterocycles. The first-order chi connectivity index (χ1) is 13.2. The van der Waals surface area contributed by atoms with Crippen molar-refractivity contribution >= 4 is 28.6 Å². The first kappa shape index (κ1) is 18.9. The molecule has 4 rings (SSSR count). The van der Waals surface area contributed by atoms with E-state index in [1.807, 2.05) is 30.0 Å². The van der Waals surface area contributed by atoms with Crippen LogP contribution in [0.25, 0.3) is 11.0 Å². The van der Waals surface area contributed by atoms with Crippen molar-refractivity contribution in [3.8, 4) is 0 Å². The van der Waals surface area contributed by atoms with Crippen LogP contribution in [0, 0.1) is 0 Å². The molecule has 3 N–H and O–H groups in total. The summed E-state index contributed by atoms with van der Waals surface area (Å²) in [6, 6.07) is 8.52. The highest BCUT2D eigenvalue weighted by molar-refractivity contribution is 7.99. The lowest BCUT2D eigenvalue weighted by molar-refractivity contribution is 0.0899. The van der Waals surface area contributed by atoms with Crippen LogP contribution >= 0.6 is 11.8 Å². The van der Waals surface area contributed by atoms with Gasteiger partial charge in [-0.3, -0.25) is 4.79 Å². The maximum Gasteiger partial charge on any atom is 0.287 e. The molecule has 5 heteroatoms. The lowest BCUT2D eigenvalue weighted by Crippen LogP contribution is -2.40. The Hall–Kier alpha value is -1.46. The normalized spacial score (nSPS) is 24.2. The molecule has 2 aromatic rings. The summed E-state index contributed by atoms with van der Waals surface area (Å²) in [6.07, 6.45) is 10.5. The summed E-state index contributed by atoms with van der Waals surface area (Å²) in [4.78, 5) is 13.0. The highest BCUT2D eigenvalue weighted by Crippen LogP contribution is 2.35. The summed E-state index contributed by atoms with van der Waals surface area (Å²) in [5.74, 6) is 1.29. The fourth-order valence-electron chi connectivity index (χ4n) is 4.37. The van der Waals surface area contributed by atoms with Gasteiger partial charge in [0.1, 0.15) is 5.58 Å². The Morgan fingerprint density at radius 2 is 1.81 bits per heavy atom. The van der Waals surface area contributed by atoms with E-state index in [4.69, 9.17) is 10.2 Å². The van der Waals surface area contributed by atoms with Gasteiger partial charge in [0.15, 0.2) is 5.76 Å². The summed E-state index contributed by atoms with van der Waals surface area (Å²) in [6.45, 7) is 0.